The average molecular weight is 942 g/mol. The summed E-state index contributed by atoms with van der Waals surface area (Å²) < 4.78 is 17.4. The lowest BCUT2D eigenvalue weighted by molar-refractivity contribution is -0.162. The molecule has 5 heteroatoms. The molecule has 0 radical (unpaired) electrons. The van der Waals surface area contributed by atoms with E-state index < -0.39 is 6.10 Å². The molecule has 0 aromatic rings. The van der Waals surface area contributed by atoms with Crippen molar-refractivity contribution in [3.8, 4) is 0 Å². The molecule has 0 saturated heterocycles. The number of unbranched alkanes of at least 4 members (excludes halogenated alkanes) is 19. The first-order chi connectivity index (χ1) is 33.6. The van der Waals surface area contributed by atoms with E-state index in [0.717, 1.165) is 89.9 Å². The van der Waals surface area contributed by atoms with Crippen molar-refractivity contribution in [2.24, 2.45) is 0 Å². The molecule has 0 amide bonds. The topological polar surface area (TPSA) is 61.8 Å². The van der Waals surface area contributed by atoms with Gasteiger partial charge in [-0.1, -0.05) is 226 Å². The van der Waals surface area contributed by atoms with Crippen molar-refractivity contribution in [3.63, 3.8) is 0 Å². The predicted molar refractivity (Wildman–Crippen MR) is 297 cm³/mol. The quantitative estimate of drug-likeness (QED) is 0.0345. The smallest absolute Gasteiger partial charge is 0.306 e. The Bertz CT molecular complexity index is 1390. The molecule has 0 aromatic carbocycles. The summed E-state index contributed by atoms with van der Waals surface area (Å²) in [5.74, 6) is -0.517. The van der Waals surface area contributed by atoms with Crippen LogP contribution >= 0.6 is 0 Å². The van der Waals surface area contributed by atoms with Crippen LogP contribution in [0.15, 0.2) is 122 Å². The fourth-order valence-electron chi connectivity index (χ4n) is 7.30. The third-order valence-corrected chi connectivity index (χ3v) is 11.5. The van der Waals surface area contributed by atoms with E-state index in [9.17, 15) is 9.59 Å². The van der Waals surface area contributed by atoms with E-state index in [2.05, 4.69) is 136 Å². The van der Waals surface area contributed by atoms with E-state index in [-0.39, 0.29) is 25.2 Å². The summed E-state index contributed by atoms with van der Waals surface area (Å²) in [5, 5.41) is 0. The van der Waals surface area contributed by atoms with E-state index in [4.69, 9.17) is 14.2 Å². The number of carbonyl (C=O) groups is 2. The maximum absolute atomic E-state index is 12.8. The Morgan fingerprint density at radius 1 is 0.338 bits per heavy atom. The standard InChI is InChI=1S/C63H104O5/c1-4-7-10-13-16-19-22-25-28-30-32-33-36-38-41-44-47-50-53-56-62(64)67-60-61(68-63(65)57-54-51-48-45-42-39-35-27-24-21-18-15-12-9-6-3)59-66-58-55-52-49-46-43-40-37-34-31-29-26-23-20-17-14-11-8-5-2/h7,10,16-21,25-29,32-33,35,38,41,47,50,61H,4-6,8-9,11-15,22-24,30-31,34,36-37,39-40,42-46,48-49,51-60H2,1-3H3/b10-7-,19-16-,20-17-,21-18-,28-25-,29-26-,33-32-,35-27-,41-38-,50-47-. The van der Waals surface area contributed by atoms with E-state index >= 15 is 0 Å². The zero-order chi connectivity index (χ0) is 49.2. The van der Waals surface area contributed by atoms with Gasteiger partial charge in [0, 0.05) is 19.4 Å². The molecule has 0 rings (SSSR count). The van der Waals surface area contributed by atoms with Gasteiger partial charge < -0.3 is 14.2 Å². The van der Waals surface area contributed by atoms with Crippen LogP contribution in [0.2, 0.25) is 0 Å². The second kappa shape index (κ2) is 57.6. The third kappa shape index (κ3) is 54.9. The molecule has 0 spiro atoms. The van der Waals surface area contributed by atoms with Gasteiger partial charge in [-0.15, -0.1) is 0 Å². The first-order valence-electron chi connectivity index (χ1n) is 28.1. The molecule has 0 aliphatic rings. The molecule has 0 fully saturated rings. The monoisotopic (exact) mass is 941 g/mol. The van der Waals surface area contributed by atoms with Gasteiger partial charge in [-0.2, -0.15) is 0 Å². The number of carbonyl (C=O) groups excluding carboxylic acids is 2. The normalized spacial score (nSPS) is 13.2. The van der Waals surface area contributed by atoms with Crippen LogP contribution in [-0.4, -0.2) is 37.9 Å². The second-order valence-electron chi connectivity index (χ2n) is 18.1. The maximum atomic E-state index is 12.8. The number of ether oxygens (including phenoxy) is 3. The summed E-state index contributed by atoms with van der Waals surface area (Å²) in [6.07, 6.45) is 80.8. The van der Waals surface area contributed by atoms with Crippen LogP contribution < -0.4 is 0 Å². The van der Waals surface area contributed by atoms with Gasteiger partial charge in [-0.05, 0) is 122 Å². The number of hydrogen-bond donors (Lipinski definition) is 0. The van der Waals surface area contributed by atoms with Crippen LogP contribution in [0, 0.1) is 0 Å². The first-order valence-corrected chi connectivity index (χ1v) is 28.1. The van der Waals surface area contributed by atoms with Crippen LogP contribution in [0.4, 0.5) is 0 Å². The Kier molecular flexibility index (Phi) is 54.5. The SMILES string of the molecule is CC/C=C\C/C=C\C/C=C\C/C=C\C/C=C\C/C=C\CCC(=O)OCC(COCCCCCCCCCC/C=C\C/C=C\CCCCC)OC(=O)CCCCCCC/C=C\C/C=C\CCCCC. The fourth-order valence-corrected chi connectivity index (χ4v) is 7.30. The summed E-state index contributed by atoms with van der Waals surface area (Å²) in [6.45, 7) is 7.55. The minimum atomic E-state index is -0.586. The van der Waals surface area contributed by atoms with Gasteiger partial charge in [0.05, 0.1) is 6.61 Å². The molecule has 0 saturated carbocycles. The van der Waals surface area contributed by atoms with Gasteiger partial charge in [-0.3, -0.25) is 9.59 Å². The van der Waals surface area contributed by atoms with Gasteiger partial charge >= 0.3 is 11.9 Å². The van der Waals surface area contributed by atoms with Crippen molar-refractivity contribution in [2.45, 2.75) is 245 Å². The molecule has 68 heavy (non-hydrogen) atoms. The van der Waals surface area contributed by atoms with Gasteiger partial charge in [0.15, 0.2) is 6.10 Å². The molecule has 0 N–H and O–H groups in total. The Morgan fingerprint density at radius 2 is 0.691 bits per heavy atom. The Balaban J connectivity index is 4.44. The van der Waals surface area contributed by atoms with Gasteiger partial charge in [0.1, 0.15) is 6.61 Å². The zero-order valence-corrected chi connectivity index (χ0v) is 44.3. The van der Waals surface area contributed by atoms with E-state index in [1.807, 2.05) is 6.08 Å². The molecular weight excluding hydrogens is 837 g/mol. The summed E-state index contributed by atoms with van der Waals surface area (Å²) in [5.41, 5.74) is 0. The highest BCUT2D eigenvalue weighted by atomic mass is 16.6. The summed E-state index contributed by atoms with van der Waals surface area (Å²) in [6, 6.07) is 0. The van der Waals surface area contributed by atoms with Crippen LogP contribution in [-0.2, 0) is 23.8 Å². The van der Waals surface area contributed by atoms with Gasteiger partial charge in [-0.25, -0.2) is 0 Å². The average Bonchev–Trinajstić information content (AvgIpc) is 3.34. The van der Waals surface area contributed by atoms with Gasteiger partial charge in [0.25, 0.3) is 0 Å². The van der Waals surface area contributed by atoms with Gasteiger partial charge in [0.2, 0.25) is 0 Å². The molecule has 386 valence electrons. The lowest BCUT2D eigenvalue weighted by Crippen LogP contribution is -2.30. The van der Waals surface area contributed by atoms with Crippen LogP contribution in [0.25, 0.3) is 0 Å². The molecule has 5 nitrogen and oxygen atoms in total. The van der Waals surface area contributed by atoms with Crippen molar-refractivity contribution in [1.82, 2.24) is 0 Å². The van der Waals surface area contributed by atoms with Crippen LogP contribution in [0.5, 0.6) is 0 Å². The fraction of sp³-hybridized carbons (Fsp3) is 0.651. The van der Waals surface area contributed by atoms with Crippen molar-refractivity contribution < 1.29 is 23.8 Å². The summed E-state index contributed by atoms with van der Waals surface area (Å²) in [4.78, 5) is 25.5. The number of rotatable bonds is 50. The molecule has 0 aliphatic heterocycles. The predicted octanol–water partition coefficient (Wildman–Crippen LogP) is 19.3. The first kappa shape index (κ1) is 64.3. The van der Waals surface area contributed by atoms with E-state index in [1.165, 1.54) is 109 Å². The van der Waals surface area contributed by atoms with Crippen molar-refractivity contribution in [3.05, 3.63) is 122 Å². The number of hydrogen-bond acceptors (Lipinski definition) is 5. The van der Waals surface area contributed by atoms with E-state index in [0.29, 0.717) is 25.9 Å². The summed E-state index contributed by atoms with van der Waals surface area (Å²) in [7, 11) is 0. The molecule has 1 unspecified atom stereocenters. The highest BCUT2D eigenvalue weighted by Gasteiger charge is 2.17. The molecular formula is C63H104O5. The third-order valence-electron chi connectivity index (χ3n) is 11.5. The lowest BCUT2D eigenvalue weighted by atomic mass is 10.1. The number of allylic oxidation sites excluding steroid dienone is 20. The Hall–Kier alpha value is -3.70. The minimum Gasteiger partial charge on any atom is -0.462 e. The minimum absolute atomic E-state index is 0.0302. The highest BCUT2D eigenvalue weighted by molar-refractivity contribution is 5.70. The van der Waals surface area contributed by atoms with Crippen molar-refractivity contribution >= 4 is 11.9 Å². The molecule has 1 atom stereocenters. The molecule has 0 aromatic heterocycles. The van der Waals surface area contributed by atoms with Crippen LogP contribution in [0.3, 0.4) is 0 Å². The van der Waals surface area contributed by atoms with Crippen LogP contribution in [0.1, 0.15) is 239 Å². The molecule has 0 heterocycles. The largest absolute Gasteiger partial charge is 0.462 e. The van der Waals surface area contributed by atoms with Crippen molar-refractivity contribution in [2.75, 3.05) is 19.8 Å². The maximum Gasteiger partial charge on any atom is 0.306 e. The zero-order valence-electron chi connectivity index (χ0n) is 44.3. The Morgan fingerprint density at radius 3 is 1.12 bits per heavy atom. The second-order valence-corrected chi connectivity index (χ2v) is 18.1. The van der Waals surface area contributed by atoms with E-state index in [1.54, 1.807) is 0 Å². The lowest BCUT2D eigenvalue weighted by Gasteiger charge is -2.18. The van der Waals surface area contributed by atoms with Crippen molar-refractivity contribution in [1.29, 1.82) is 0 Å². The molecule has 0 bridgehead atoms. The summed E-state index contributed by atoms with van der Waals surface area (Å²) >= 11 is 0. The molecule has 0 aliphatic carbocycles. The highest BCUT2D eigenvalue weighted by Crippen LogP contribution is 2.13. The Labute approximate surface area is 420 Å². The number of esters is 2.